The maximum atomic E-state index is 6.22. The molecule has 0 aromatic heterocycles. The topological polar surface area (TPSA) is 26.0 Å². The van der Waals surface area contributed by atoms with E-state index in [2.05, 4.69) is 71.4 Å². The number of halogens is 1. The van der Waals surface area contributed by atoms with E-state index in [4.69, 9.17) is 5.73 Å². The first-order chi connectivity index (χ1) is 8.15. The Balaban J connectivity index is 2.11. The molecule has 88 valence electrons. The third-order valence-corrected chi connectivity index (χ3v) is 3.37. The molecule has 2 heteroatoms. The van der Waals surface area contributed by atoms with E-state index in [0.717, 1.165) is 10.9 Å². The van der Waals surface area contributed by atoms with Crippen molar-refractivity contribution in [2.45, 2.75) is 19.4 Å². The van der Waals surface area contributed by atoms with Gasteiger partial charge >= 0.3 is 0 Å². The van der Waals surface area contributed by atoms with Crippen molar-refractivity contribution < 1.29 is 0 Å². The van der Waals surface area contributed by atoms with E-state index in [9.17, 15) is 0 Å². The highest BCUT2D eigenvalue weighted by Crippen LogP contribution is 2.18. The van der Waals surface area contributed by atoms with Crippen LogP contribution in [0.15, 0.2) is 53.0 Å². The molecule has 1 nitrogen and oxygen atoms in total. The van der Waals surface area contributed by atoms with Crippen LogP contribution in [0.5, 0.6) is 0 Å². The van der Waals surface area contributed by atoms with Crippen LogP contribution in [-0.4, -0.2) is 0 Å². The standard InChI is InChI=1S/C15H16BrN/c1-11-3-2-4-13(9-11)15(17)10-12-5-7-14(16)8-6-12/h2-9,15H,10,17H2,1H3. The minimum Gasteiger partial charge on any atom is -0.324 e. The molecule has 0 aliphatic heterocycles. The van der Waals surface area contributed by atoms with Crippen LogP contribution in [0.4, 0.5) is 0 Å². The SMILES string of the molecule is Cc1cccc(C(N)Cc2ccc(Br)cc2)c1. The monoisotopic (exact) mass is 289 g/mol. The second kappa shape index (κ2) is 5.48. The highest BCUT2D eigenvalue weighted by atomic mass is 79.9. The smallest absolute Gasteiger partial charge is 0.0335 e. The second-order valence-electron chi connectivity index (χ2n) is 4.35. The number of hydrogen-bond acceptors (Lipinski definition) is 1. The highest BCUT2D eigenvalue weighted by molar-refractivity contribution is 9.10. The molecule has 1 unspecified atom stereocenters. The molecule has 2 aromatic rings. The Labute approximate surface area is 111 Å². The van der Waals surface area contributed by atoms with E-state index < -0.39 is 0 Å². The number of benzene rings is 2. The molecule has 0 saturated heterocycles. The van der Waals surface area contributed by atoms with Crippen LogP contribution in [0.1, 0.15) is 22.7 Å². The third-order valence-electron chi connectivity index (χ3n) is 2.84. The van der Waals surface area contributed by atoms with Gasteiger partial charge in [-0.05, 0) is 36.6 Å². The normalized spacial score (nSPS) is 12.4. The van der Waals surface area contributed by atoms with E-state index in [-0.39, 0.29) is 6.04 Å². The lowest BCUT2D eigenvalue weighted by molar-refractivity contribution is 0.721. The van der Waals surface area contributed by atoms with Crippen LogP contribution in [0.25, 0.3) is 0 Å². The fourth-order valence-corrected chi connectivity index (χ4v) is 2.16. The summed E-state index contributed by atoms with van der Waals surface area (Å²) in [7, 11) is 0. The summed E-state index contributed by atoms with van der Waals surface area (Å²) in [5, 5.41) is 0. The van der Waals surface area contributed by atoms with Crippen LogP contribution in [0.2, 0.25) is 0 Å². The van der Waals surface area contributed by atoms with Gasteiger partial charge in [-0.15, -0.1) is 0 Å². The Morgan fingerprint density at radius 2 is 1.82 bits per heavy atom. The zero-order valence-electron chi connectivity index (χ0n) is 9.86. The molecule has 0 aliphatic carbocycles. The van der Waals surface area contributed by atoms with E-state index in [0.29, 0.717) is 0 Å². The highest BCUT2D eigenvalue weighted by Gasteiger charge is 2.06. The van der Waals surface area contributed by atoms with E-state index in [1.165, 1.54) is 16.7 Å². The molecule has 0 heterocycles. The first-order valence-electron chi connectivity index (χ1n) is 5.72. The molecule has 0 spiro atoms. The van der Waals surface area contributed by atoms with Gasteiger partial charge in [0.2, 0.25) is 0 Å². The molecule has 0 fully saturated rings. The van der Waals surface area contributed by atoms with E-state index in [1.54, 1.807) is 0 Å². The fourth-order valence-electron chi connectivity index (χ4n) is 1.89. The van der Waals surface area contributed by atoms with Gasteiger partial charge in [-0.2, -0.15) is 0 Å². The summed E-state index contributed by atoms with van der Waals surface area (Å²) in [6.45, 7) is 2.09. The minimum absolute atomic E-state index is 0.0658. The molecule has 0 amide bonds. The largest absolute Gasteiger partial charge is 0.324 e. The summed E-state index contributed by atoms with van der Waals surface area (Å²) in [6.07, 6.45) is 0.872. The van der Waals surface area contributed by atoms with Gasteiger partial charge in [-0.3, -0.25) is 0 Å². The van der Waals surface area contributed by atoms with Gasteiger partial charge < -0.3 is 5.73 Å². The van der Waals surface area contributed by atoms with Crippen molar-refractivity contribution in [2.75, 3.05) is 0 Å². The van der Waals surface area contributed by atoms with Crippen molar-refractivity contribution in [1.82, 2.24) is 0 Å². The minimum atomic E-state index is 0.0658. The zero-order chi connectivity index (χ0) is 12.3. The van der Waals surface area contributed by atoms with Crippen molar-refractivity contribution in [2.24, 2.45) is 5.73 Å². The Morgan fingerprint density at radius 1 is 1.12 bits per heavy atom. The molecule has 2 rings (SSSR count). The van der Waals surface area contributed by atoms with Gasteiger partial charge in [0, 0.05) is 10.5 Å². The van der Waals surface area contributed by atoms with Gasteiger partial charge in [-0.25, -0.2) is 0 Å². The molecule has 0 saturated carbocycles. The molecular weight excluding hydrogens is 274 g/mol. The average molecular weight is 290 g/mol. The summed E-state index contributed by atoms with van der Waals surface area (Å²) in [6, 6.07) is 16.8. The predicted molar refractivity (Wildman–Crippen MR) is 76.0 cm³/mol. The van der Waals surface area contributed by atoms with Crippen LogP contribution >= 0.6 is 15.9 Å². The first-order valence-corrected chi connectivity index (χ1v) is 6.51. The molecule has 1 atom stereocenters. The third kappa shape index (κ3) is 3.42. The first kappa shape index (κ1) is 12.3. The summed E-state index contributed by atoms with van der Waals surface area (Å²) in [5.41, 5.74) is 9.95. The van der Waals surface area contributed by atoms with E-state index in [1.807, 2.05) is 0 Å². The van der Waals surface area contributed by atoms with E-state index >= 15 is 0 Å². The van der Waals surface area contributed by atoms with Gasteiger partial charge in [-0.1, -0.05) is 57.9 Å². The molecule has 17 heavy (non-hydrogen) atoms. The van der Waals surface area contributed by atoms with Gasteiger partial charge in [0.05, 0.1) is 0 Å². The van der Waals surface area contributed by atoms with Crippen molar-refractivity contribution in [3.8, 4) is 0 Å². The maximum Gasteiger partial charge on any atom is 0.0335 e. The van der Waals surface area contributed by atoms with Gasteiger partial charge in [0.25, 0.3) is 0 Å². The van der Waals surface area contributed by atoms with Crippen molar-refractivity contribution in [3.63, 3.8) is 0 Å². The van der Waals surface area contributed by atoms with Crippen LogP contribution in [0, 0.1) is 6.92 Å². The number of hydrogen-bond donors (Lipinski definition) is 1. The Hall–Kier alpha value is -1.12. The summed E-state index contributed by atoms with van der Waals surface area (Å²) in [4.78, 5) is 0. The molecule has 0 radical (unpaired) electrons. The zero-order valence-corrected chi connectivity index (χ0v) is 11.4. The number of rotatable bonds is 3. The van der Waals surface area contributed by atoms with Crippen LogP contribution in [-0.2, 0) is 6.42 Å². The lowest BCUT2D eigenvalue weighted by Crippen LogP contribution is -2.13. The Bertz CT molecular complexity index is 491. The van der Waals surface area contributed by atoms with Crippen LogP contribution in [0.3, 0.4) is 0 Å². The average Bonchev–Trinajstić information content (AvgIpc) is 2.32. The lowest BCUT2D eigenvalue weighted by atomic mass is 9.98. The quantitative estimate of drug-likeness (QED) is 0.908. The molecule has 0 bridgehead atoms. The second-order valence-corrected chi connectivity index (χ2v) is 5.27. The Kier molecular flexibility index (Phi) is 3.97. The van der Waals surface area contributed by atoms with Gasteiger partial charge in [0.1, 0.15) is 0 Å². The summed E-state index contributed by atoms with van der Waals surface area (Å²) < 4.78 is 1.10. The molecular formula is C15H16BrN. The van der Waals surface area contributed by atoms with Crippen molar-refractivity contribution in [3.05, 3.63) is 69.7 Å². The van der Waals surface area contributed by atoms with Gasteiger partial charge in [0.15, 0.2) is 0 Å². The van der Waals surface area contributed by atoms with Crippen LogP contribution < -0.4 is 5.73 Å². The lowest BCUT2D eigenvalue weighted by Gasteiger charge is -2.12. The maximum absolute atomic E-state index is 6.22. The van der Waals surface area contributed by atoms with Crippen molar-refractivity contribution >= 4 is 15.9 Å². The predicted octanol–water partition coefficient (Wildman–Crippen LogP) is 4.00. The molecule has 2 N–H and O–H groups in total. The molecule has 2 aromatic carbocycles. The summed E-state index contributed by atoms with van der Waals surface area (Å²) in [5.74, 6) is 0. The van der Waals surface area contributed by atoms with Crippen molar-refractivity contribution in [1.29, 1.82) is 0 Å². The molecule has 0 aliphatic rings. The number of aryl methyl sites for hydroxylation is 1. The number of nitrogens with two attached hydrogens (primary N) is 1. The summed E-state index contributed by atoms with van der Waals surface area (Å²) >= 11 is 3.43. The Morgan fingerprint density at radius 3 is 2.47 bits per heavy atom. The fraction of sp³-hybridized carbons (Fsp3) is 0.200.